The molecule has 6 heteroatoms. The van der Waals surface area contributed by atoms with E-state index in [9.17, 15) is 9.59 Å². The minimum atomic E-state index is -0.417. The van der Waals surface area contributed by atoms with Crippen molar-refractivity contribution in [2.45, 2.75) is 32.4 Å². The van der Waals surface area contributed by atoms with E-state index in [-0.39, 0.29) is 11.8 Å². The number of pyridine rings is 1. The number of amides is 2. The third kappa shape index (κ3) is 3.43. The predicted octanol–water partition coefficient (Wildman–Crippen LogP) is 0.375. The number of aromatic nitrogens is 1. The van der Waals surface area contributed by atoms with Crippen molar-refractivity contribution in [1.82, 2.24) is 15.6 Å². The van der Waals surface area contributed by atoms with Gasteiger partial charge >= 0.3 is 0 Å². The SMILES string of the molecule is CCOc1ncccc1CNC(=O)[C@@H]1CCC(=O)N1. The van der Waals surface area contributed by atoms with Crippen LogP contribution >= 0.6 is 0 Å². The maximum Gasteiger partial charge on any atom is 0.242 e. The Bertz CT molecular complexity index is 476. The molecule has 2 heterocycles. The average Bonchev–Trinajstić information content (AvgIpc) is 2.84. The predicted molar refractivity (Wildman–Crippen MR) is 68.4 cm³/mol. The first-order valence-corrected chi connectivity index (χ1v) is 6.34. The maximum absolute atomic E-state index is 11.8. The molecule has 6 nitrogen and oxygen atoms in total. The van der Waals surface area contributed by atoms with Crippen LogP contribution in [0.25, 0.3) is 0 Å². The molecule has 102 valence electrons. The molecule has 1 aromatic rings. The molecular formula is C13H17N3O3. The smallest absolute Gasteiger partial charge is 0.242 e. The summed E-state index contributed by atoms with van der Waals surface area (Å²) >= 11 is 0. The highest BCUT2D eigenvalue weighted by atomic mass is 16.5. The summed E-state index contributed by atoms with van der Waals surface area (Å²) < 4.78 is 5.38. The van der Waals surface area contributed by atoms with E-state index >= 15 is 0 Å². The van der Waals surface area contributed by atoms with Gasteiger partial charge in [-0.25, -0.2) is 4.98 Å². The minimum Gasteiger partial charge on any atom is -0.478 e. The Kier molecular flexibility index (Phi) is 4.33. The van der Waals surface area contributed by atoms with Gasteiger partial charge in [-0.15, -0.1) is 0 Å². The zero-order chi connectivity index (χ0) is 13.7. The summed E-state index contributed by atoms with van der Waals surface area (Å²) in [6.07, 6.45) is 2.61. The van der Waals surface area contributed by atoms with Crippen LogP contribution in [0.15, 0.2) is 18.3 Å². The summed E-state index contributed by atoms with van der Waals surface area (Å²) in [5.74, 6) is 0.287. The molecule has 0 unspecified atom stereocenters. The van der Waals surface area contributed by atoms with Crippen molar-refractivity contribution < 1.29 is 14.3 Å². The largest absolute Gasteiger partial charge is 0.478 e. The highest BCUT2D eigenvalue weighted by molar-refractivity contribution is 5.90. The van der Waals surface area contributed by atoms with Crippen LogP contribution in [0.5, 0.6) is 5.88 Å². The molecule has 2 rings (SSSR count). The summed E-state index contributed by atoms with van der Waals surface area (Å²) in [6, 6.07) is 3.23. The molecule has 0 aromatic carbocycles. The van der Waals surface area contributed by atoms with Gasteiger partial charge in [-0.2, -0.15) is 0 Å². The summed E-state index contributed by atoms with van der Waals surface area (Å²) in [5, 5.41) is 5.42. The van der Waals surface area contributed by atoms with Crippen LogP contribution in [0, 0.1) is 0 Å². The quantitative estimate of drug-likeness (QED) is 0.804. The topological polar surface area (TPSA) is 80.3 Å². The van der Waals surface area contributed by atoms with Crippen LogP contribution in [0.1, 0.15) is 25.3 Å². The molecule has 2 amide bonds. The van der Waals surface area contributed by atoms with Crippen molar-refractivity contribution in [2.75, 3.05) is 6.61 Å². The second-order valence-electron chi connectivity index (χ2n) is 4.28. The number of nitrogens with one attached hydrogen (secondary N) is 2. The Labute approximate surface area is 111 Å². The van der Waals surface area contributed by atoms with Crippen molar-refractivity contribution in [1.29, 1.82) is 0 Å². The number of carbonyl (C=O) groups excluding carboxylic acids is 2. The van der Waals surface area contributed by atoms with Gasteiger partial charge in [-0.1, -0.05) is 6.07 Å². The lowest BCUT2D eigenvalue weighted by atomic mass is 10.2. The van der Waals surface area contributed by atoms with Crippen LogP contribution in [0.2, 0.25) is 0 Å². The Balaban J connectivity index is 1.91. The number of carbonyl (C=O) groups is 2. The first-order valence-electron chi connectivity index (χ1n) is 6.34. The molecule has 2 N–H and O–H groups in total. The maximum atomic E-state index is 11.8. The molecule has 1 atom stereocenters. The molecular weight excluding hydrogens is 246 g/mol. The van der Waals surface area contributed by atoms with E-state index < -0.39 is 6.04 Å². The van der Waals surface area contributed by atoms with Crippen molar-refractivity contribution >= 4 is 11.8 Å². The lowest BCUT2D eigenvalue weighted by molar-refractivity contribution is -0.125. The first kappa shape index (κ1) is 13.3. The zero-order valence-electron chi connectivity index (χ0n) is 10.8. The summed E-state index contributed by atoms with van der Waals surface area (Å²) in [5.41, 5.74) is 0.821. The summed E-state index contributed by atoms with van der Waals surface area (Å²) in [6.45, 7) is 2.75. The van der Waals surface area contributed by atoms with E-state index in [2.05, 4.69) is 15.6 Å². The fourth-order valence-electron chi connectivity index (χ4n) is 1.94. The third-order valence-electron chi connectivity index (χ3n) is 2.90. The lowest BCUT2D eigenvalue weighted by Gasteiger charge is -2.12. The van der Waals surface area contributed by atoms with E-state index in [4.69, 9.17) is 4.74 Å². The van der Waals surface area contributed by atoms with Crippen molar-refractivity contribution in [3.05, 3.63) is 23.9 Å². The molecule has 1 fully saturated rings. The van der Waals surface area contributed by atoms with Crippen molar-refractivity contribution in [2.24, 2.45) is 0 Å². The number of rotatable bonds is 5. The molecule has 0 bridgehead atoms. The van der Waals surface area contributed by atoms with E-state index in [0.29, 0.717) is 31.9 Å². The monoisotopic (exact) mass is 263 g/mol. The highest BCUT2D eigenvalue weighted by Crippen LogP contribution is 2.14. The van der Waals surface area contributed by atoms with Gasteiger partial charge in [0.05, 0.1) is 6.61 Å². The van der Waals surface area contributed by atoms with E-state index in [1.807, 2.05) is 13.0 Å². The lowest BCUT2D eigenvalue weighted by Crippen LogP contribution is -2.41. The molecule has 1 saturated heterocycles. The van der Waals surface area contributed by atoms with Gasteiger partial charge < -0.3 is 15.4 Å². The molecule has 1 aliphatic heterocycles. The Hall–Kier alpha value is -2.11. The van der Waals surface area contributed by atoms with Gasteiger partial charge in [-0.05, 0) is 19.4 Å². The van der Waals surface area contributed by atoms with Gasteiger partial charge in [0, 0.05) is 24.7 Å². The van der Waals surface area contributed by atoms with E-state index in [1.165, 1.54) is 0 Å². The Morgan fingerprint density at radius 3 is 3.16 bits per heavy atom. The second kappa shape index (κ2) is 6.17. The highest BCUT2D eigenvalue weighted by Gasteiger charge is 2.26. The first-order chi connectivity index (χ1) is 9.20. The Morgan fingerprint density at radius 2 is 2.47 bits per heavy atom. The summed E-state index contributed by atoms with van der Waals surface area (Å²) in [4.78, 5) is 27.0. The van der Waals surface area contributed by atoms with Crippen LogP contribution in [0.4, 0.5) is 0 Å². The van der Waals surface area contributed by atoms with E-state index in [1.54, 1.807) is 12.3 Å². The number of nitrogens with zero attached hydrogens (tertiary/aromatic N) is 1. The van der Waals surface area contributed by atoms with Gasteiger partial charge in [0.1, 0.15) is 6.04 Å². The Morgan fingerprint density at radius 1 is 1.63 bits per heavy atom. The molecule has 1 aromatic heterocycles. The van der Waals surface area contributed by atoms with E-state index in [0.717, 1.165) is 5.56 Å². The fraction of sp³-hybridized carbons (Fsp3) is 0.462. The fourth-order valence-corrected chi connectivity index (χ4v) is 1.94. The third-order valence-corrected chi connectivity index (χ3v) is 2.90. The molecule has 0 spiro atoms. The molecule has 1 aliphatic rings. The molecule has 0 radical (unpaired) electrons. The standard InChI is InChI=1S/C13H17N3O3/c1-2-19-13-9(4-3-7-14-13)8-15-12(18)10-5-6-11(17)16-10/h3-4,7,10H,2,5-6,8H2,1H3,(H,15,18)(H,16,17)/t10-/m0/s1. The van der Waals surface area contributed by atoms with Gasteiger partial charge in [0.15, 0.2) is 0 Å². The van der Waals surface area contributed by atoms with Crippen molar-refractivity contribution in [3.63, 3.8) is 0 Å². The number of ether oxygens (including phenoxy) is 1. The number of hydrogen-bond donors (Lipinski definition) is 2. The number of hydrogen-bond acceptors (Lipinski definition) is 4. The van der Waals surface area contributed by atoms with Crippen LogP contribution < -0.4 is 15.4 Å². The van der Waals surface area contributed by atoms with Gasteiger partial charge in [-0.3, -0.25) is 9.59 Å². The average molecular weight is 263 g/mol. The van der Waals surface area contributed by atoms with Gasteiger partial charge in [0.2, 0.25) is 17.7 Å². The van der Waals surface area contributed by atoms with Crippen LogP contribution in [0.3, 0.4) is 0 Å². The molecule has 0 aliphatic carbocycles. The van der Waals surface area contributed by atoms with Crippen LogP contribution in [-0.2, 0) is 16.1 Å². The minimum absolute atomic E-state index is 0.0727. The van der Waals surface area contributed by atoms with Crippen LogP contribution in [-0.4, -0.2) is 29.4 Å². The second-order valence-corrected chi connectivity index (χ2v) is 4.28. The molecule has 19 heavy (non-hydrogen) atoms. The molecule has 0 saturated carbocycles. The van der Waals surface area contributed by atoms with Crippen molar-refractivity contribution in [3.8, 4) is 5.88 Å². The van der Waals surface area contributed by atoms with Gasteiger partial charge in [0.25, 0.3) is 0 Å². The summed E-state index contributed by atoms with van der Waals surface area (Å²) in [7, 11) is 0. The normalized spacial score (nSPS) is 17.9. The zero-order valence-corrected chi connectivity index (χ0v) is 10.8.